The summed E-state index contributed by atoms with van der Waals surface area (Å²) in [6, 6.07) is 4.95. The Kier molecular flexibility index (Phi) is 10.0. The van der Waals surface area contributed by atoms with Crippen molar-refractivity contribution in [1.29, 1.82) is 0 Å². The number of carboxylic acid groups (broad SMARTS) is 1. The lowest BCUT2D eigenvalue weighted by Crippen LogP contribution is -2.59. The second-order valence-electron chi connectivity index (χ2n) is 11.0. The number of nitrogens with zero attached hydrogens (tertiary/aromatic N) is 3. The number of ether oxygens (including phenoxy) is 2. The topological polar surface area (TPSA) is 124 Å². The van der Waals surface area contributed by atoms with Crippen LogP contribution in [0.3, 0.4) is 0 Å². The van der Waals surface area contributed by atoms with Gasteiger partial charge >= 0.3 is 5.97 Å². The number of rotatable bonds is 11. The molecule has 3 heterocycles. The number of hydrogen-bond donors (Lipinski definition) is 3. The first-order valence-corrected chi connectivity index (χ1v) is 14.1. The molecule has 0 bridgehead atoms. The highest BCUT2D eigenvalue weighted by molar-refractivity contribution is 6.03. The van der Waals surface area contributed by atoms with E-state index in [9.17, 15) is 19.5 Å². The quantitative estimate of drug-likeness (QED) is 0.357. The number of aromatic carboxylic acids is 1. The van der Waals surface area contributed by atoms with Gasteiger partial charge in [-0.1, -0.05) is 19.9 Å². The van der Waals surface area contributed by atoms with Crippen molar-refractivity contribution in [3.8, 4) is 0 Å². The summed E-state index contributed by atoms with van der Waals surface area (Å²) in [7, 11) is 1.65. The van der Waals surface area contributed by atoms with Gasteiger partial charge in [0.1, 0.15) is 0 Å². The number of carboxylic acids is 1. The molecule has 2 amide bonds. The fraction of sp³-hybridized carbons (Fsp3) is 0.679. The third-order valence-electron chi connectivity index (χ3n) is 7.67. The van der Waals surface area contributed by atoms with Crippen LogP contribution < -0.4 is 15.5 Å². The van der Waals surface area contributed by atoms with Crippen molar-refractivity contribution < 1.29 is 29.0 Å². The zero-order valence-corrected chi connectivity index (χ0v) is 23.4. The molecule has 3 atom stereocenters. The molecule has 1 unspecified atom stereocenters. The number of carbonyl (C=O) groups is 3. The molecule has 11 heteroatoms. The first kappa shape index (κ1) is 29.1. The maximum Gasteiger partial charge on any atom is 0.337 e. The van der Waals surface area contributed by atoms with Crippen LogP contribution in [0, 0.1) is 11.8 Å². The van der Waals surface area contributed by atoms with Gasteiger partial charge in [0.25, 0.3) is 5.91 Å². The lowest BCUT2D eigenvalue weighted by molar-refractivity contribution is -0.143. The van der Waals surface area contributed by atoms with Gasteiger partial charge in [0, 0.05) is 59.0 Å². The SMILES string of the molecule is COCCCCN1c2c(cccc2C(=O)O)NC1C(=O)N(CC(C)C)[C@@H]1CNC[C@H](C(=O)N2CCOCC2)C1. The number of benzene rings is 1. The smallest absolute Gasteiger partial charge is 0.337 e. The van der Waals surface area contributed by atoms with Crippen LogP contribution in [0.2, 0.25) is 0 Å². The van der Waals surface area contributed by atoms with Gasteiger partial charge in [-0.25, -0.2) is 4.79 Å². The van der Waals surface area contributed by atoms with Crippen molar-refractivity contribution in [1.82, 2.24) is 15.1 Å². The van der Waals surface area contributed by atoms with Gasteiger partial charge in [0.15, 0.2) is 6.17 Å². The highest BCUT2D eigenvalue weighted by Crippen LogP contribution is 2.39. The number of methoxy groups -OCH3 is 1. The van der Waals surface area contributed by atoms with E-state index in [2.05, 4.69) is 24.5 Å². The maximum atomic E-state index is 14.3. The fourth-order valence-corrected chi connectivity index (χ4v) is 5.82. The highest BCUT2D eigenvalue weighted by Gasteiger charge is 2.42. The zero-order chi connectivity index (χ0) is 27.9. The summed E-state index contributed by atoms with van der Waals surface area (Å²) in [6.07, 6.45) is 1.41. The van der Waals surface area contributed by atoms with Gasteiger partial charge < -0.3 is 39.9 Å². The molecule has 0 radical (unpaired) electrons. The molecule has 0 aliphatic carbocycles. The number of para-hydroxylation sites is 1. The molecule has 3 N–H and O–H groups in total. The summed E-state index contributed by atoms with van der Waals surface area (Å²) < 4.78 is 10.6. The molecule has 0 spiro atoms. The van der Waals surface area contributed by atoms with Crippen molar-refractivity contribution in [2.24, 2.45) is 11.8 Å². The van der Waals surface area contributed by atoms with Crippen LogP contribution in [0.25, 0.3) is 0 Å². The standard InChI is InChI=1S/C28H43N5O6/c1-19(2)18-33(21-15-20(16-29-17-21)26(34)31-10-13-39-14-11-31)27(35)25-30-23-8-6-7-22(28(36)37)24(23)32(25)9-4-5-12-38-3/h6-8,19-21,25,29-30H,4-5,9-18H2,1-3H3,(H,36,37)/t20-,21+,25?/m1/s1. The number of fused-ring (bicyclic) bond motifs is 1. The average Bonchev–Trinajstić information content (AvgIpc) is 3.32. The summed E-state index contributed by atoms with van der Waals surface area (Å²) in [4.78, 5) is 45.4. The molecule has 0 aromatic heterocycles. The van der Waals surface area contributed by atoms with Crippen LogP contribution >= 0.6 is 0 Å². The van der Waals surface area contributed by atoms with Crippen LogP contribution in [0.5, 0.6) is 0 Å². The Morgan fingerprint density at radius 1 is 1.18 bits per heavy atom. The minimum atomic E-state index is -1.02. The van der Waals surface area contributed by atoms with E-state index >= 15 is 0 Å². The molecule has 3 aliphatic rings. The minimum Gasteiger partial charge on any atom is -0.478 e. The average molecular weight is 546 g/mol. The summed E-state index contributed by atoms with van der Waals surface area (Å²) in [6.45, 7) is 9.33. The second-order valence-corrected chi connectivity index (χ2v) is 11.0. The molecular weight excluding hydrogens is 502 g/mol. The number of nitrogens with one attached hydrogen (secondary N) is 2. The van der Waals surface area contributed by atoms with Gasteiger partial charge in [0.05, 0.1) is 36.1 Å². The third kappa shape index (κ3) is 6.82. The Bertz CT molecular complexity index is 1010. The molecule has 1 aromatic rings. The van der Waals surface area contributed by atoms with E-state index in [1.54, 1.807) is 19.2 Å². The summed E-state index contributed by atoms with van der Waals surface area (Å²) in [5, 5.41) is 16.6. The van der Waals surface area contributed by atoms with E-state index in [-0.39, 0.29) is 35.3 Å². The van der Waals surface area contributed by atoms with E-state index in [0.717, 1.165) is 12.8 Å². The van der Waals surface area contributed by atoms with Crippen LogP contribution in [0.1, 0.15) is 43.5 Å². The van der Waals surface area contributed by atoms with Crippen LogP contribution in [-0.2, 0) is 19.1 Å². The molecular formula is C28H43N5O6. The summed E-state index contributed by atoms with van der Waals surface area (Å²) in [5.74, 6) is -0.998. The van der Waals surface area contributed by atoms with Crippen molar-refractivity contribution in [2.75, 3.05) is 76.4 Å². The molecule has 39 heavy (non-hydrogen) atoms. The summed E-state index contributed by atoms with van der Waals surface area (Å²) in [5.41, 5.74) is 1.37. The highest BCUT2D eigenvalue weighted by atomic mass is 16.5. The molecule has 3 aliphatic heterocycles. The number of piperidine rings is 1. The van der Waals surface area contributed by atoms with Gasteiger partial charge in [-0.15, -0.1) is 0 Å². The predicted molar refractivity (Wildman–Crippen MR) is 148 cm³/mol. The van der Waals surface area contributed by atoms with E-state index in [4.69, 9.17) is 9.47 Å². The van der Waals surface area contributed by atoms with Gasteiger partial charge in [-0.3, -0.25) is 9.59 Å². The molecule has 2 fully saturated rings. The Labute approximate surface area is 230 Å². The first-order chi connectivity index (χ1) is 18.8. The van der Waals surface area contributed by atoms with Crippen molar-refractivity contribution in [3.63, 3.8) is 0 Å². The molecule has 216 valence electrons. The van der Waals surface area contributed by atoms with Gasteiger partial charge in [0.2, 0.25) is 5.91 Å². The Morgan fingerprint density at radius 3 is 2.64 bits per heavy atom. The number of anilines is 2. The molecule has 0 saturated carbocycles. The second kappa shape index (κ2) is 13.5. The molecule has 1 aromatic carbocycles. The number of carbonyl (C=O) groups excluding carboxylic acids is 2. The van der Waals surface area contributed by atoms with Crippen LogP contribution in [-0.4, -0.2) is 111 Å². The third-order valence-corrected chi connectivity index (χ3v) is 7.67. The predicted octanol–water partition coefficient (Wildman–Crippen LogP) is 1.69. The van der Waals surface area contributed by atoms with Crippen molar-refractivity contribution >= 4 is 29.2 Å². The minimum absolute atomic E-state index is 0.103. The summed E-state index contributed by atoms with van der Waals surface area (Å²) >= 11 is 0. The Hall–Kier alpha value is -2.89. The normalized spacial score (nSPS) is 22.9. The van der Waals surface area contributed by atoms with Gasteiger partial charge in [-0.05, 0) is 37.3 Å². The fourth-order valence-electron chi connectivity index (χ4n) is 5.82. The number of amides is 2. The van der Waals surface area contributed by atoms with Crippen LogP contribution in [0.15, 0.2) is 18.2 Å². The maximum absolute atomic E-state index is 14.3. The van der Waals surface area contributed by atoms with E-state index in [1.165, 1.54) is 0 Å². The van der Waals surface area contributed by atoms with Crippen molar-refractivity contribution in [3.05, 3.63) is 23.8 Å². The Balaban J connectivity index is 1.57. The Morgan fingerprint density at radius 2 is 1.95 bits per heavy atom. The number of unbranched alkanes of at least 4 members (excludes halogenated alkanes) is 1. The molecule has 2 saturated heterocycles. The number of hydrogen-bond acceptors (Lipinski definition) is 8. The number of morpholine rings is 1. The van der Waals surface area contributed by atoms with E-state index in [0.29, 0.717) is 76.9 Å². The van der Waals surface area contributed by atoms with Gasteiger partial charge in [-0.2, -0.15) is 0 Å². The zero-order valence-electron chi connectivity index (χ0n) is 23.4. The molecule has 4 rings (SSSR count). The first-order valence-electron chi connectivity index (χ1n) is 14.1. The van der Waals surface area contributed by atoms with Crippen molar-refractivity contribution in [2.45, 2.75) is 45.3 Å². The van der Waals surface area contributed by atoms with Crippen LogP contribution in [0.4, 0.5) is 11.4 Å². The lowest BCUT2D eigenvalue weighted by Gasteiger charge is -2.42. The largest absolute Gasteiger partial charge is 0.478 e. The van der Waals surface area contributed by atoms with E-state index in [1.807, 2.05) is 20.8 Å². The lowest BCUT2D eigenvalue weighted by atomic mass is 9.92. The monoisotopic (exact) mass is 545 g/mol. The molecule has 11 nitrogen and oxygen atoms in total. The van der Waals surface area contributed by atoms with E-state index < -0.39 is 12.1 Å².